The molecule has 2 saturated carbocycles. The second kappa shape index (κ2) is 7.08. The maximum absolute atomic E-state index is 3.75. The second-order valence-corrected chi connectivity index (χ2v) is 7.17. The van der Waals surface area contributed by atoms with Crippen molar-refractivity contribution in [1.82, 2.24) is 10.2 Å². The van der Waals surface area contributed by atoms with Crippen LogP contribution in [0, 0.1) is 5.41 Å². The van der Waals surface area contributed by atoms with Gasteiger partial charge in [-0.2, -0.15) is 0 Å². The Labute approximate surface area is 120 Å². The van der Waals surface area contributed by atoms with Gasteiger partial charge in [0.1, 0.15) is 0 Å². The van der Waals surface area contributed by atoms with Gasteiger partial charge in [0.05, 0.1) is 0 Å². The molecular formula is C17H34N2. The molecule has 2 nitrogen and oxygen atoms in total. The molecule has 2 heteroatoms. The molecule has 112 valence electrons. The van der Waals surface area contributed by atoms with Crippen molar-refractivity contribution in [2.24, 2.45) is 5.41 Å². The lowest BCUT2D eigenvalue weighted by Crippen LogP contribution is -2.47. The van der Waals surface area contributed by atoms with Crippen LogP contribution in [0.15, 0.2) is 0 Å². The van der Waals surface area contributed by atoms with E-state index in [0.29, 0.717) is 5.41 Å². The van der Waals surface area contributed by atoms with Crippen molar-refractivity contribution in [3.63, 3.8) is 0 Å². The fourth-order valence-electron chi connectivity index (χ4n) is 3.41. The summed E-state index contributed by atoms with van der Waals surface area (Å²) in [5.74, 6) is 0. The fraction of sp³-hybridized carbons (Fsp3) is 1.00. The molecule has 0 spiro atoms. The Balaban J connectivity index is 1.85. The van der Waals surface area contributed by atoms with Crippen LogP contribution in [0.3, 0.4) is 0 Å². The molecular weight excluding hydrogens is 232 g/mol. The number of nitrogens with zero attached hydrogens (tertiary/aromatic N) is 1. The zero-order valence-corrected chi connectivity index (χ0v) is 13.4. The average Bonchev–Trinajstić information content (AvgIpc) is 3.28. The third-order valence-electron chi connectivity index (χ3n) is 5.33. The van der Waals surface area contributed by atoms with Gasteiger partial charge in [0.25, 0.3) is 0 Å². The van der Waals surface area contributed by atoms with Crippen molar-refractivity contribution in [2.45, 2.75) is 84.2 Å². The summed E-state index contributed by atoms with van der Waals surface area (Å²) < 4.78 is 0. The highest BCUT2D eigenvalue weighted by Crippen LogP contribution is 2.29. The van der Waals surface area contributed by atoms with Gasteiger partial charge in [-0.05, 0) is 44.1 Å². The molecule has 0 aromatic heterocycles. The lowest BCUT2D eigenvalue weighted by atomic mass is 9.85. The van der Waals surface area contributed by atoms with E-state index in [1.54, 1.807) is 0 Å². The first-order valence-electron chi connectivity index (χ1n) is 8.64. The van der Waals surface area contributed by atoms with E-state index in [4.69, 9.17) is 0 Å². The van der Waals surface area contributed by atoms with Gasteiger partial charge in [0.15, 0.2) is 0 Å². The van der Waals surface area contributed by atoms with Crippen LogP contribution in [0.2, 0.25) is 0 Å². The minimum absolute atomic E-state index is 0.454. The summed E-state index contributed by atoms with van der Waals surface area (Å²) in [6, 6.07) is 1.71. The Kier molecular flexibility index (Phi) is 5.70. The van der Waals surface area contributed by atoms with E-state index in [1.165, 1.54) is 71.0 Å². The summed E-state index contributed by atoms with van der Waals surface area (Å²) in [6.45, 7) is 10.9. The Morgan fingerprint density at radius 2 is 1.74 bits per heavy atom. The minimum Gasteiger partial charge on any atom is -0.313 e. The third kappa shape index (κ3) is 4.75. The Bertz CT molecular complexity index is 256. The van der Waals surface area contributed by atoms with Gasteiger partial charge in [0, 0.05) is 25.2 Å². The normalized spacial score (nSPS) is 24.6. The quantitative estimate of drug-likeness (QED) is 0.718. The lowest BCUT2D eigenvalue weighted by Gasteiger charge is -2.40. The monoisotopic (exact) mass is 266 g/mol. The van der Waals surface area contributed by atoms with E-state index in [0.717, 1.165) is 12.1 Å². The van der Waals surface area contributed by atoms with E-state index >= 15 is 0 Å². The molecule has 0 aromatic rings. The summed E-state index contributed by atoms with van der Waals surface area (Å²) >= 11 is 0. The van der Waals surface area contributed by atoms with E-state index in [2.05, 4.69) is 31.0 Å². The average molecular weight is 266 g/mol. The van der Waals surface area contributed by atoms with Crippen molar-refractivity contribution in [2.75, 3.05) is 19.6 Å². The van der Waals surface area contributed by atoms with Crippen LogP contribution in [0.25, 0.3) is 0 Å². The van der Waals surface area contributed by atoms with Gasteiger partial charge < -0.3 is 10.2 Å². The lowest BCUT2D eigenvalue weighted by molar-refractivity contribution is 0.0970. The number of rotatable bonds is 8. The third-order valence-corrected chi connectivity index (χ3v) is 5.33. The van der Waals surface area contributed by atoms with Crippen LogP contribution in [-0.4, -0.2) is 36.6 Å². The molecule has 0 bridgehead atoms. The molecule has 0 saturated heterocycles. The Hall–Kier alpha value is -0.0800. The molecule has 2 rings (SSSR count). The van der Waals surface area contributed by atoms with E-state index in [1.807, 2.05) is 0 Å². The first-order valence-corrected chi connectivity index (χ1v) is 8.64. The summed E-state index contributed by atoms with van der Waals surface area (Å²) in [6.07, 6.45) is 11.3. The van der Waals surface area contributed by atoms with Gasteiger partial charge in [0.2, 0.25) is 0 Å². The predicted molar refractivity (Wildman–Crippen MR) is 83.5 cm³/mol. The molecule has 2 aliphatic carbocycles. The van der Waals surface area contributed by atoms with Crippen LogP contribution in [-0.2, 0) is 0 Å². The summed E-state index contributed by atoms with van der Waals surface area (Å²) in [7, 11) is 0. The zero-order chi connectivity index (χ0) is 13.7. The highest BCUT2D eigenvalue weighted by molar-refractivity contribution is 4.88. The van der Waals surface area contributed by atoms with Crippen molar-refractivity contribution >= 4 is 0 Å². The zero-order valence-electron chi connectivity index (χ0n) is 13.4. The molecule has 0 aromatic carbocycles. The molecule has 0 heterocycles. The van der Waals surface area contributed by atoms with Crippen molar-refractivity contribution < 1.29 is 0 Å². The predicted octanol–water partition coefficient (Wildman–Crippen LogP) is 3.81. The van der Waals surface area contributed by atoms with Gasteiger partial charge in [-0.1, -0.05) is 40.0 Å². The van der Waals surface area contributed by atoms with Crippen LogP contribution >= 0.6 is 0 Å². The van der Waals surface area contributed by atoms with E-state index < -0.39 is 0 Å². The minimum atomic E-state index is 0.454. The highest BCUT2D eigenvalue weighted by Gasteiger charge is 2.31. The summed E-state index contributed by atoms with van der Waals surface area (Å²) in [5, 5.41) is 3.75. The topological polar surface area (TPSA) is 15.3 Å². The van der Waals surface area contributed by atoms with Crippen LogP contribution < -0.4 is 5.32 Å². The van der Waals surface area contributed by atoms with Crippen LogP contribution in [0.1, 0.15) is 72.1 Å². The van der Waals surface area contributed by atoms with E-state index in [9.17, 15) is 0 Å². The summed E-state index contributed by atoms with van der Waals surface area (Å²) in [4.78, 5) is 2.78. The molecule has 1 N–H and O–H groups in total. The number of nitrogens with one attached hydrogen (secondary N) is 1. The first-order chi connectivity index (χ1) is 9.17. The molecule has 0 aliphatic heterocycles. The standard InChI is InChI=1S/C17H34N2/c1-4-17(3,13-18-15-11-12-15)14-19(5-2)16-9-7-6-8-10-16/h15-16,18H,4-14H2,1-3H3. The maximum atomic E-state index is 3.75. The van der Waals surface area contributed by atoms with E-state index in [-0.39, 0.29) is 0 Å². The molecule has 1 unspecified atom stereocenters. The largest absolute Gasteiger partial charge is 0.313 e. The van der Waals surface area contributed by atoms with Gasteiger partial charge in [-0.3, -0.25) is 0 Å². The molecule has 0 amide bonds. The van der Waals surface area contributed by atoms with Crippen molar-refractivity contribution in [3.05, 3.63) is 0 Å². The van der Waals surface area contributed by atoms with Gasteiger partial charge in [-0.25, -0.2) is 0 Å². The maximum Gasteiger partial charge on any atom is 0.00953 e. The molecule has 1 atom stereocenters. The molecule has 0 radical (unpaired) electrons. The van der Waals surface area contributed by atoms with Gasteiger partial charge in [-0.15, -0.1) is 0 Å². The fourth-order valence-corrected chi connectivity index (χ4v) is 3.41. The SMILES string of the molecule is CCN(CC(C)(CC)CNC1CC1)C1CCCCC1. The summed E-state index contributed by atoms with van der Waals surface area (Å²) in [5.41, 5.74) is 0.454. The molecule has 2 aliphatic rings. The highest BCUT2D eigenvalue weighted by atomic mass is 15.2. The van der Waals surface area contributed by atoms with Crippen LogP contribution in [0.5, 0.6) is 0 Å². The molecule has 2 fully saturated rings. The van der Waals surface area contributed by atoms with Gasteiger partial charge >= 0.3 is 0 Å². The number of hydrogen-bond acceptors (Lipinski definition) is 2. The molecule has 19 heavy (non-hydrogen) atoms. The van der Waals surface area contributed by atoms with Crippen LogP contribution in [0.4, 0.5) is 0 Å². The number of hydrogen-bond donors (Lipinski definition) is 1. The smallest absolute Gasteiger partial charge is 0.00953 e. The van der Waals surface area contributed by atoms with Crippen molar-refractivity contribution in [3.8, 4) is 0 Å². The van der Waals surface area contributed by atoms with Crippen molar-refractivity contribution in [1.29, 1.82) is 0 Å². The second-order valence-electron chi connectivity index (χ2n) is 7.17. The Morgan fingerprint density at radius 1 is 1.05 bits per heavy atom. The Morgan fingerprint density at radius 3 is 2.26 bits per heavy atom. The first kappa shape index (κ1) is 15.3.